The zero-order chi connectivity index (χ0) is 15.0. The predicted octanol–water partition coefficient (Wildman–Crippen LogP) is 2.04. The number of hydrogen-bond donors (Lipinski definition) is 1. The van der Waals surface area contributed by atoms with E-state index in [1.807, 2.05) is 11.8 Å². The lowest BCUT2D eigenvalue weighted by molar-refractivity contribution is -0.150. The van der Waals surface area contributed by atoms with Gasteiger partial charge in [0.25, 0.3) is 0 Å². The van der Waals surface area contributed by atoms with E-state index in [2.05, 4.69) is 33.0 Å². The molecule has 2 aliphatic rings. The summed E-state index contributed by atoms with van der Waals surface area (Å²) in [6, 6.07) is -0.601. The maximum absolute atomic E-state index is 12.7. The van der Waals surface area contributed by atoms with Crippen LogP contribution in [0.15, 0.2) is 0 Å². The van der Waals surface area contributed by atoms with Crippen molar-refractivity contribution >= 4 is 11.8 Å². The normalized spacial score (nSPS) is 27.7. The molecule has 1 N–H and O–H groups in total. The van der Waals surface area contributed by atoms with E-state index in [-0.39, 0.29) is 23.9 Å². The van der Waals surface area contributed by atoms with E-state index in [0.717, 1.165) is 12.8 Å². The molecular formula is C16H28N2O2. The SMILES string of the molecule is CC(C)C(CN1C(=O)C(C2CC2)NC(=O)C1C)C(C)C. The van der Waals surface area contributed by atoms with Gasteiger partial charge >= 0.3 is 0 Å². The fraction of sp³-hybridized carbons (Fsp3) is 0.875. The van der Waals surface area contributed by atoms with Crippen molar-refractivity contribution in [3.05, 3.63) is 0 Å². The van der Waals surface area contributed by atoms with E-state index in [1.54, 1.807) is 0 Å². The lowest BCUT2D eigenvalue weighted by Gasteiger charge is -2.41. The van der Waals surface area contributed by atoms with Crippen LogP contribution in [0.25, 0.3) is 0 Å². The maximum Gasteiger partial charge on any atom is 0.246 e. The molecule has 20 heavy (non-hydrogen) atoms. The van der Waals surface area contributed by atoms with Crippen molar-refractivity contribution < 1.29 is 9.59 Å². The second kappa shape index (κ2) is 5.74. The van der Waals surface area contributed by atoms with E-state index in [4.69, 9.17) is 0 Å². The minimum Gasteiger partial charge on any atom is -0.342 e. The quantitative estimate of drug-likeness (QED) is 0.838. The van der Waals surface area contributed by atoms with Gasteiger partial charge in [-0.05, 0) is 43.4 Å². The molecule has 2 rings (SSSR count). The number of rotatable bonds is 5. The molecular weight excluding hydrogens is 252 g/mol. The first-order valence-electron chi connectivity index (χ1n) is 7.93. The standard InChI is InChI=1S/C16H28N2O2/c1-9(2)13(10(3)4)8-18-11(5)15(19)17-14(16(18)20)12-6-7-12/h9-14H,6-8H2,1-5H3,(H,17,19). The summed E-state index contributed by atoms with van der Waals surface area (Å²) in [7, 11) is 0. The number of carbonyl (C=O) groups excluding carboxylic acids is 2. The zero-order valence-corrected chi connectivity index (χ0v) is 13.3. The molecule has 4 nitrogen and oxygen atoms in total. The number of carbonyl (C=O) groups is 2. The predicted molar refractivity (Wildman–Crippen MR) is 79.0 cm³/mol. The molecule has 0 bridgehead atoms. The molecule has 1 aliphatic carbocycles. The van der Waals surface area contributed by atoms with Gasteiger partial charge in [-0.1, -0.05) is 27.7 Å². The van der Waals surface area contributed by atoms with Crippen molar-refractivity contribution in [3.63, 3.8) is 0 Å². The highest BCUT2D eigenvalue weighted by atomic mass is 16.2. The van der Waals surface area contributed by atoms with Crippen LogP contribution in [0.5, 0.6) is 0 Å². The molecule has 114 valence electrons. The van der Waals surface area contributed by atoms with Gasteiger partial charge in [0, 0.05) is 6.54 Å². The van der Waals surface area contributed by atoms with Crippen LogP contribution in [0, 0.1) is 23.7 Å². The number of piperazine rings is 1. The van der Waals surface area contributed by atoms with Crippen molar-refractivity contribution in [1.29, 1.82) is 0 Å². The van der Waals surface area contributed by atoms with Gasteiger partial charge < -0.3 is 10.2 Å². The molecule has 0 aromatic heterocycles. The highest BCUT2D eigenvalue weighted by Gasteiger charge is 2.46. The fourth-order valence-electron chi connectivity index (χ4n) is 3.26. The first kappa shape index (κ1) is 15.3. The van der Waals surface area contributed by atoms with Crippen LogP contribution in [-0.2, 0) is 9.59 Å². The Labute approximate surface area is 122 Å². The first-order valence-corrected chi connectivity index (χ1v) is 7.93. The summed E-state index contributed by atoms with van der Waals surface area (Å²) in [6.07, 6.45) is 2.13. The van der Waals surface area contributed by atoms with Gasteiger partial charge in [-0.2, -0.15) is 0 Å². The van der Waals surface area contributed by atoms with Gasteiger partial charge in [-0.15, -0.1) is 0 Å². The lowest BCUT2D eigenvalue weighted by atomic mass is 9.84. The fourth-order valence-corrected chi connectivity index (χ4v) is 3.26. The highest BCUT2D eigenvalue weighted by Crippen LogP contribution is 2.35. The second-order valence-corrected chi connectivity index (χ2v) is 7.14. The Morgan fingerprint density at radius 3 is 2.15 bits per heavy atom. The van der Waals surface area contributed by atoms with E-state index in [9.17, 15) is 9.59 Å². The number of nitrogens with zero attached hydrogens (tertiary/aromatic N) is 1. The van der Waals surface area contributed by atoms with Crippen LogP contribution >= 0.6 is 0 Å². The molecule has 1 heterocycles. The highest BCUT2D eigenvalue weighted by molar-refractivity contribution is 5.97. The van der Waals surface area contributed by atoms with Crippen molar-refractivity contribution in [1.82, 2.24) is 10.2 Å². The lowest BCUT2D eigenvalue weighted by Crippen LogP contribution is -2.64. The Bertz CT molecular complexity index is 380. The zero-order valence-electron chi connectivity index (χ0n) is 13.3. The van der Waals surface area contributed by atoms with E-state index < -0.39 is 0 Å². The molecule has 4 heteroatoms. The second-order valence-electron chi connectivity index (χ2n) is 7.14. The summed E-state index contributed by atoms with van der Waals surface area (Å²) >= 11 is 0. The third-order valence-electron chi connectivity index (χ3n) is 4.91. The van der Waals surface area contributed by atoms with Crippen molar-refractivity contribution in [3.8, 4) is 0 Å². The molecule has 2 atom stereocenters. The Morgan fingerprint density at radius 2 is 1.70 bits per heavy atom. The van der Waals surface area contributed by atoms with E-state index in [1.165, 1.54) is 0 Å². The van der Waals surface area contributed by atoms with E-state index >= 15 is 0 Å². The molecule has 0 radical (unpaired) electrons. The average Bonchev–Trinajstić information content (AvgIpc) is 3.17. The summed E-state index contributed by atoms with van der Waals surface area (Å²) in [5.74, 6) is 1.97. The topological polar surface area (TPSA) is 49.4 Å². The summed E-state index contributed by atoms with van der Waals surface area (Å²) in [5.41, 5.74) is 0. The summed E-state index contributed by atoms with van der Waals surface area (Å²) in [5, 5.41) is 2.91. The third-order valence-corrected chi connectivity index (χ3v) is 4.91. The molecule has 2 amide bonds. The Kier molecular flexibility index (Phi) is 4.40. The Balaban J connectivity index is 2.13. The van der Waals surface area contributed by atoms with Gasteiger partial charge in [-0.3, -0.25) is 9.59 Å². The molecule has 2 unspecified atom stereocenters. The van der Waals surface area contributed by atoms with Crippen molar-refractivity contribution in [2.45, 2.75) is 59.5 Å². The Morgan fingerprint density at radius 1 is 1.15 bits per heavy atom. The minimum atomic E-state index is -0.336. The van der Waals surface area contributed by atoms with Gasteiger partial charge in [0.05, 0.1) is 0 Å². The summed E-state index contributed by atoms with van der Waals surface area (Å²) < 4.78 is 0. The average molecular weight is 280 g/mol. The molecule has 1 saturated heterocycles. The van der Waals surface area contributed by atoms with Gasteiger partial charge in [0.1, 0.15) is 12.1 Å². The molecule has 1 saturated carbocycles. The van der Waals surface area contributed by atoms with Gasteiger partial charge in [0.2, 0.25) is 11.8 Å². The van der Waals surface area contributed by atoms with Gasteiger partial charge in [0.15, 0.2) is 0 Å². The number of amides is 2. The number of nitrogens with one attached hydrogen (secondary N) is 1. The van der Waals surface area contributed by atoms with Crippen LogP contribution in [0.4, 0.5) is 0 Å². The summed E-state index contributed by atoms with van der Waals surface area (Å²) in [6.45, 7) is 11.3. The monoisotopic (exact) mass is 280 g/mol. The molecule has 1 aliphatic heterocycles. The molecule has 0 aromatic carbocycles. The molecule has 0 spiro atoms. The molecule has 0 aromatic rings. The van der Waals surface area contributed by atoms with Crippen LogP contribution in [0.1, 0.15) is 47.5 Å². The first-order chi connectivity index (χ1) is 9.32. The van der Waals surface area contributed by atoms with Crippen molar-refractivity contribution in [2.24, 2.45) is 23.7 Å². The minimum absolute atomic E-state index is 0.00719. The van der Waals surface area contributed by atoms with Crippen LogP contribution in [0.3, 0.4) is 0 Å². The van der Waals surface area contributed by atoms with Crippen LogP contribution in [0.2, 0.25) is 0 Å². The Hall–Kier alpha value is -1.06. The third kappa shape index (κ3) is 2.99. The number of hydrogen-bond acceptors (Lipinski definition) is 2. The largest absolute Gasteiger partial charge is 0.342 e. The summed E-state index contributed by atoms with van der Waals surface area (Å²) in [4.78, 5) is 26.6. The van der Waals surface area contributed by atoms with E-state index in [0.29, 0.717) is 30.2 Å². The maximum atomic E-state index is 12.7. The smallest absolute Gasteiger partial charge is 0.246 e. The molecule has 2 fully saturated rings. The van der Waals surface area contributed by atoms with Gasteiger partial charge in [-0.25, -0.2) is 0 Å². The van der Waals surface area contributed by atoms with Crippen molar-refractivity contribution in [2.75, 3.05) is 6.54 Å². The van der Waals surface area contributed by atoms with Crippen LogP contribution in [-0.4, -0.2) is 35.3 Å². The van der Waals surface area contributed by atoms with Crippen LogP contribution < -0.4 is 5.32 Å².